The molecule has 1 aliphatic rings. The maximum atomic E-state index is 11.2. The van der Waals surface area contributed by atoms with Crippen molar-refractivity contribution in [1.29, 1.82) is 5.26 Å². The Hall–Kier alpha value is -3.33. The van der Waals surface area contributed by atoms with Crippen molar-refractivity contribution < 1.29 is 9.90 Å². The smallest absolute Gasteiger partial charge is 0.335 e. The number of aromatic carboxylic acids is 1. The average Bonchev–Trinajstić information content (AvgIpc) is 3.40. The molecular formula is C19H16N4O2. The summed E-state index contributed by atoms with van der Waals surface area (Å²) >= 11 is 0. The lowest BCUT2D eigenvalue weighted by atomic mass is 10.2. The van der Waals surface area contributed by atoms with Crippen LogP contribution < -0.4 is 5.32 Å². The summed E-state index contributed by atoms with van der Waals surface area (Å²) in [5, 5.41) is 21.3. The highest BCUT2D eigenvalue weighted by molar-refractivity contribution is 5.92. The third kappa shape index (κ3) is 2.92. The summed E-state index contributed by atoms with van der Waals surface area (Å²) in [5.41, 5.74) is 3.48. The van der Waals surface area contributed by atoms with Crippen molar-refractivity contribution >= 4 is 22.7 Å². The van der Waals surface area contributed by atoms with Gasteiger partial charge in [0, 0.05) is 11.7 Å². The summed E-state index contributed by atoms with van der Waals surface area (Å²) in [4.78, 5) is 15.8. The van der Waals surface area contributed by atoms with E-state index in [1.165, 1.54) is 0 Å². The Labute approximate surface area is 144 Å². The van der Waals surface area contributed by atoms with Crippen molar-refractivity contribution in [2.24, 2.45) is 0 Å². The zero-order valence-corrected chi connectivity index (χ0v) is 13.4. The summed E-state index contributed by atoms with van der Waals surface area (Å²) in [5.74, 6) is -0.0514. The molecule has 0 atom stereocenters. The lowest BCUT2D eigenvalue weighted by Crippen LogP contribution is -2.07. The lowest BCUT2D eigenvalue weighted by molar-refractivity contribution is 0.0697. The average molecular weight is 332 g/mol. The summed E-state index contributed by atoms with van der Waals surface area (Å²) in [7, 11) is 0. The molecule has 25 heavy (non-hydrogen) atoms. The van der Waals surface area contributed by atoms with E-state index in [1.807, 2.05) is 18.2 Å². The van der Waals surface area contributed by atoms with E-state index in [9.17, 15) is 4.79 Å². The summed E-state index contributed by atoms with van der Waals surface area (Å²) in [6.45, 7) is 0.541. The molecule has 1 aliphatic carbocycles. The normalized spacial score (nSPS) is 13.6. The second-order valence-electron chi connectivity index (χ2n) is 6.18. The first kappa shape index (κ1) is 15.2. The van der Waals surface area contributed by atoms with Gasteiger partial charge in [-0.2, -0.15) is 5.26 Å². The number of nitriles is 1. The van der Waals surface area contributed by atoms with Gasteiger partial charge in [-0.05, 0) is 55.3 Å². The van der Waals surface area contributed by atoms with Gasteiger partial charge in [0.2, 0.25) is 0 Å². The van der Waals surface area contributed by atoms with Crippen LogP contribution in [0.2, 0.25) is 0 Å². The molecule has 0 spiro atoms. The Bertz CT molecular complexity index is 995. The van der Waals surface area contributed by atoms with Gasteiger partial charge in [-0.3, -0.25) is 0 Å². The molecule has 2 aromatic carbocycles. The summed E-state index contributed by atoms with van der Waals surface area (Å²) < 4.78 is 2.21. The topological polar surface area (TPSA) is 90.9 Å². The van der Waals surface area contributed by atoms with Gasteiger partial charge in [0.25, 0.3) is 0 Å². The molecular weight excluding hydrogens is 316 g/mol. The molecule has 124 valence electrons. The number of benzene rings is 2. The van der Waals surface area contributed by atoms with Crippen LogP contribution in [0.5, 0.6) is 0 Å². The second kappa shape index (κ2) is 5.95. The number of fused-ring (bicyclic) bond motifs is 1. The number of hydrogen-bond acceptors (Lipinski definition) is 4. The zero-order chi connectivity index (χ0) is 17.4. The van der Waals surface area contributed by atoms with Crippen LogP contribution in [-0.4, -0.2) is 20.6 Å². The molecule has 0 unspecified atom stereocenters. The van der Waals surface area contributed by atoms with E-state index < -0.39 is 5.97 Å². The van der Waals surface area contributed by atoms with Crippen LogP contribution in [-0.2, 0) is 6.54 Å². The minimum Gasteiger partial charge on any atom is -0.478 e. The first-order chi connectivity index (χ1) is 12.2. The van der Waals surface area contributed by atoms with Gasteiger partial charge in [-0.25, -0.2) is 9.78 Å². The van der Waals surface area contributed by atoms with Crippen LogP contribution in [0.3, 0.4) is 0 Å². The third-order valence-electron chi connectivity index (χ3n) is 4.39. The van der Waals surface area contributed by atoms with Gasteiger partial charge in [0.05, 0.1) is 34.8 Å². The molecule has 0 radical (unpaired) electrons. The van der Waals surface area contributed by atoms with Crippen molar-refractivity contribution in [1.82, 2.24) is 9.55 Å². The van der Waals surface area contributed by atoms with Crippen molar-refractivity contribution in [3.63, 3.8) is 0 Å². The van der Waals surface area contributed by atoms with Gasteiger partial charge in [-0.1, -0.05) is 0 Å². The maximum Gasteiger partial charge on any atom is 0.335 e. The molecule has 3 aromatic rings. The highest BCUT2D eigenvalue weighted by atomic mass is 16.4. The van der Waals surface area contributed by atoms with Gasteiger partial charge < -0.3 is 15.0 Å². The zero-order valence-electron chi connectivity index (χ0n) is 13.4. The fourth-order valence-electron chi connectivity index (χ4n) is 2.99. The van der Waals surface area contributed by atoms with Crippen LogP contribution >= 0.6 is 0 Å². The minimum atomic E-state index is -0.944. The summed E-state index contributed by atoms with van der Waals surface area (Å²) in [6.07, 6.45) is 2.24. The van der Waals surface area contributed by atoms with Crippen molar-refractivity contribution in [3.05, 3.63) is 59.4 Å². The lowest BCUT2D eigenvalue weighted by Gasteiger charge is -2.10. The van der Waals surface area contributed by atoms with Crippen LogP contribution in [0.4, 0.5) is 5.69 Å². The Morgan fingerprint density at radius 1 is 1.28 bits per heavy atom. The fourth-order valence-corrected chi connectivity index (χ4v) is 2.99. The van der Waals surface area contributed by atoms with E-state index in [-0.39, 0.29) is 5.56 Å². The number of hydrogen-bond donors (Lipinski definition) is 2. The molecule has 1 heterocycles. The Morgan fingerprint density at radius 2 is 2.04 bits per heavy atom. The van der Waals surface area contributed by atoms with E-state index in [0.717, 1.165) is 29.9 Å². The largest absolute Gasteiger partial charge is 0.478 e. The monoisotopic (exact) mass is 332 g/mol. The Balaban J connectivity index is 1.64. The van der Waals surface area contributed by atoms with Crippen LogP contribution in [0.15, 0.2) is 42.5 Å². The second-order valence-corrected chi connectivity index (χ2v) is 6.18. The van der Waals surface area contributed by atoms with E-state index in [2.05, 4.69) is 20.9 Å². The predicted molar refractivity (Wildman–Crippen MR) is 93.4 cm³/mol. The predicted octanol–water partition coefficient (Wildman–Crippen LogP) is 3.55. The standard InChI is InChI=1S/C19H16N4O2/c20-10-12-1-4-14(5-2-12)21-11-18-22-16-9-13(19(24)25)3-8-17(16)23(18)15-6-7-15/h1-5,8-9,15,21H,6-7,11H2,(H,24,25). The van der Waals surface area contributed by atoms with Gasteiger partial charge in [0.15, 0.2) is 0 Å². The molecule has 0 bridgehead atoms. The first-order valence-corrected chi connectivity index (χ1v) is 8.14. The molecule has 1 aromatic heterocycles. The Kier molecular flexibility index (Phi) is 3.62. The van der Waals surface area contributed by atoms with E-state index in [4.69, 9.17) is 10.4 Å². The van der Waals surface area contributed by atoms with Crippen molar-refractivity contribution in [2.45, 2.75) is 25.4 Å². The molecule has 0 aliphatic heterocycles. The third-order valence-corrected chi connectivity index (χ3v) is 4.39. The van der Waals surface area contributed by atoms with E-state index >= 15 is 0 Å². The number of rotatable bonds is 5. The number of carboxylic acids is 1. The van der Waals surface area contributed by atoms with Gasteiger partial charge >= 0.3 is 5.97 Å². The molecule has 4 rings (SSSR count). The molecule has 6 heteroatoms. The number of carboxylic acid groups (broad SMARTS) is 1. The molecule has 0 saturated heterocycles. The minimum absolute atomic E-state index is 0.250. The maximum absolute atomic E-state index is 11.2. The van der Waals surface area contributed by atoms with E-state index in [0.29, 0.717) is 23.7 Å². The highest BCUT2D eigenvalue weighted by Crippen LogP contribution is 2.39. The van der Waals surface area contributed by atoms with Crippen molar-refractivity contribution in [2.75, 3.05) is 5.32 Å². The fraction of sp³-hybridized carbons (Fsp3) is 0.211. The van der Waals surface area contributed by atoms with Crippen LogP contribution in [0, 0.1) is 11.3 Å². The number of carbonyl (C=O) groups is 1. The number of nitrogens with one attached hydrogen (secondary N) is 1. The molecule has 1 saturated carbocycles. The number of aromatic nitrogens is 2. The van der Waals surface area contributed by atoms with Gasteiger partial charge in [-0.15, -0.1) is 0 Å². The highest BCUT2D eigenvalue weighted by Gasteiger charge is 2.28. The van der Waals surface area contributed by atoms with E-state index in [1.54, 1.807) is 24.3 Å². The number of anilines is 1. The molecule has 1 fully saturated rings. The molecule has 0 amide bonds. The number of nitrogens with zero attached hydrogens (tertiary/aromatic N) is 3. The summed E-state index contributed by atoms with van der Waals surface area (Å²) in [6, 6.07) is 14.9. The van der Waals surface area contributed by atoms with Crippen LogP contribution in [0.25, 0.3) is 11.0 Å². The number of imidazole rings is 1. The quantitative estimate of drug-likeness (QED) is 0.745. The first-order valence-electron chi connectivity index (χ1n) is 8.14. The molecule has 2 N–H and O–H groups in total. The van der Waals surface area contributed by atoms with Crippen LogP contribution in [0.1, 0.15) is 40.6 Å². The van der Waals surface area contributed by atoms with Gasteiger partial charge in [0.1, 0.15) is 5.82 Å². The van der Waals surface area contributed by atoms with Crippen molar-refractivity contribution in [3.8, 4) is 6.07 Å². The Morgan fingerprint density at radius 3 is 2.68 bits per heavy atom. The molecule has 6 nitrogen and oxygen atoms in total. The SMILES string of the molecule is N#Cc1ccc(NCc2nc3cc(C(=O)O)ccc3n2C2CC2)cc1.